The van der Waals surface area contributed by atoms with E-state index in [-0.39, 0.29) is 6.61 Å². The molecule has 3 heterocycles. The largest absolute Gasteiger partial charge is 0.396 e. The lowest BCUT2D eigenvalue weighted by molar-refractivity contribution is 0.223. The Hall–Kier alpha value is -1.63. The maximum absolute atomic E-state index is 9.19. The van der Waals surface area contributed by atoms with Gasteiger partial charge in [0.2, 0.25) is 0 Å². The standard InChI is InChI=1S/C16H24N4OS.C6H12/c1-10-8-14-15(18-11(2)12(3)19-16(14)22-10)20-6-5-17-13(9-20)4-7-21;1-3-5-6-4-2/h8,13,17,19,21H,4-7,9H2,1-3H3;3,5H,4,6H2,1-2H3/b;5-3-. The molecule has 1 aromatic rings. The Balaban J connectivity index is 0.000000409. The highest BCUT2D eigenvalue weighted by atomic mass is 32.1. The predicted octanol–water partition coefficient (Wildman–Crippen LogP) is 4.50. The second-order valence-electron chi connectivity index (χ2n) is 7.34. The van der Waals surface area contributed by atoms with Gasteiger partial charge in [-0.2, -0.15) is 0 Å². The van der Waals surface area contributed by atoms with Crippen LogP contribution in [-0.4, -0.2) is 48.1 Å². The molecule has 28 heavy (non-hydrogen) atoms. The molecule has 0 saturated carbocycles. The number of anilines is 1. The summed E-state index contributed by atoms with van der Waals surface area (Å²) in [6.07, 6.45) is 7.55. The lowest BCUT2D eigenvalue weighted by Crippen LogP contribution is -2.53. The smallest absolute Gasteiger partial charge is 0.139 e. The highest BCUT2D eigenvalue weighted by molar-refractivity contribution is 7.16. The number of rotatable bonds is 4. The summed E-state index contributed by atoms with van der Waals surface area (Å²) in [5, 5.41) is 17.3. The van der Waals surface area contributed by atoms with Crippen LogP contribution in [0.3, 0.4) is 0 Å². The van der Waals surface area contributed by atoms with Gasteiger partial charge in [0.15, 0.2) is 0 Å². The van der Waals surface area contributed by atoms with E-state index in [1.54, 1.807) is 11.3 Å². The molecular weight excluding hydrogens is 368 g/mol. The summed E-state index contributed by atoms with van der Waals surface area (Å²) in [5.41, 5.74) is 3.34. The third kappa shape index (κ3) is 6.19. The summed E-state index contributed by atoms with van der Waals surface area (Å²) in [6.45, 7) is 13.5. The fourth-order valence-electron chi connectivity index (χ4n) is 3.28. The number of fused-ring (bicyclic) bond motifs is 1. The van der Waals surface area contributed by atoms with Gasteiger partial charge in [0.1, 0.15) is 10.8 Å². The third-order valence-electron chi connectivity index (χ3n) is 4.94. The average molecular weight is 405 g/mol. The van der Waals surface area contributed by atoms with Crippen molar-refractivity contribution in [2.24, 2.45) is 4.99 Å². The van der Waals surface area contributed by atoms with Crippen molar-refractivity contribution >= 4 is 22.2 Å². The second kappa shape index (κ2) is 11.4. The van der Waals surface area contributed by atoms with E-state index >= 15 is 0 Å². The summed E-state index contributed by atoms with van der Waals surface area (Å²) in [7, 11) is 0. The van der Waals surface area contributed by atoms with E-state index in [1.165, 1.54) is 28.3 Å². The van der Waals surface area contributed by atoms with Crippen LogP contribution in [-0.2, 0) is 0 Å². The van der Waals surface area contributed by atoms with Gasteiger partial charge >= 0.3 is 0 Å². The first-order valence-corrected chi connectivity index (χ1v) is 11.2. The van der Waals surface area contributed by atoms with Gasteiger partial charge in [0, 0.05) is 42.9 Å². The van der Waals surface area contributed by atoms with Crippen molar-refractivity contribution in [1.82, 2.24) is 10.2 Å². The molecule has 0 amide bonds. The van der Waals surface area contributed by atoms with Gasteiger partial charge in [0.25, 0.3) is 0 Å². The molecular formula is C22H36N4OS. The van der Waals surface area contributed by atoms with Crippen LogP contribution in [0.4, 0.5) is 5.00 Å². The van der Waals surface area contributed by atoms with E-state index in [0.29, 0.717) is 6.04 Å². The second-order valence-corrected chi connectivity index (χ2v) is 8.59. The summed E-state index contributed by atoms with van der Waals surface area (Å²) < 4.78 is 0. The minimum atomic E-state index is 0.223. The van der Waals surface area contributed by atoms with Crippen molar-refractivity contribution in [3.8, 4) is 0 Å². The molecule has 0 bridgehead atoms. The molecule has 1 fully saturated rings. The van der Waals surface area contributed by atoms with Gasteiger partial charge in [-0.15, -0.1) is 11.3 Å². The number of thiophene rings is 1. The highest BCUT2D eigenvalue weighted by Crippen LogP contribution is 2.33. The molecule has 3 N–H and O–H groups in total. The van der Waals surface area contributed by atoms with Crippen LogP contribution in [0.25, 0.3) is 0 Å². The van der Waals surface area contributed by atoms with Gasteiger partial charge in [-0.1, -0.05) is 25.5 Å². The van der Waals surface area contributed by atoms with E-state index < -0.39 is 0 Å². The SMILES string of the molecule is C/C=C\CCC.CC1=C(C)Nc2sc(C)cc2C(N2CCNC(CCO)C2)=N1. The molecule has 1 unspecified atom stereocenters. The molecule has 1 saturated heterocycles. The van der Waals surface area contributed by atoms with Gasteiger partial charge in [0.05, 0.1) is 11.3 Å². The maximum atomic E-state index is 9.19. The number of allylic oxidation sites excluding steroid dienone is 4. The number of nitrogens with zero attached hydrogens (tertiary/aromatic N) is 2. The molecule has 0 aromatic carbocycles. The van der Waals surface area contributed by atoms with Crippen LogP contribution in [0.5, 0.6) is 0 Å². The number of aliphatic hydroxyl groups excluding tert-OH is 1. The van der Waals surface area contributed by atoms with Gasteiger partial charge in [-0.25, -0.2) is 4.99 Å². The minimum absolute atomic E-state index is 0.223. The molecule has 0 spiro atoms. The van der Waals surface area contributed by atoms with Gasteiger partial charge in [-0.3, -0.25) is 0 Å². The topological polar surface area (TPSA) is 59.9 Å². The molecule has 156 valence electrons. The Labute approximate surface area is 174 Å². The zero-order chi connectivity index (χ0) is 20.5. The number of unbranched alkanes of at least 4 members (excludes halogenated alkanes) is 1. The molecule has 0 radical (unpaired) electrons. The Morgan fingerprint density at radius 2 is 2.14 bits per heavy atom. The van der Waals surface area contributed by atoms with Crippen LogP contribution in [0.1, 0.15) is 57.4 Å². The number of aryl methyl sites for hydroxylation is 1. The quantitative estimate of drug-likeness (QED) is 0.647. The summed E-state index contributed by atoms with van der Waals surface area (Å²) in [4.78, 5) is 8.55. The van der Waals surface area contributed by atoms with Gasteiger partial charge < -0.3 is 20.6 Å². The lowest BCUT2D eigenvalue weighted by atomic mass is 10.1. The number of aliphatic hydroxyl groups is 1. The van der Waals surface area contributed by atoms with Crippen LogP contribution in [0.15, 0.2) is 34.6 Å². The first-order valence-electron chi connectivity index (χ1n) is 10.3. The molecule has 1 aromatic heterocycles. The van der Waals surface area contributed by atoms with Crippen LogP contribution in [0, 0.1) is 6.92 Å². The van der Waals surface area contributed by atoms with Crippen molar-refractivity contribution in [2.75, 3.05) is 31.6 Å². The first kappa shape index (κ1) is 22.7. The number of amidine groups is 1. The summed E-state index contributed by atoms with van der Waals surface area (Å²) in [6, 6.07) is 2.55. The molecule has 5 nitrogen and oxygen atoms in total. The van der Waals surface area contributed by atoms with Crippen LogP contribution < -0.4 is 10.6 Å². The van der Waals surface area contributed by atoms with Crippen molar-refractivity contribution in [3.63, 3.8) is 0 Å². The Bertz CT molecular complexity index is 718. The van der Waals surface area contributed by atoms with Crippen molar-refractivity contribution in [3.05, 3.63) is 40.1 Å². The fourth-order valence-corrected chi connectivity index (χ4v) is 4.24. The zero-order valence-electron chi connectivity index (χ0n) is 18.0. The monoisotopic (exact) mass is 404 g/mol. The number of piperazine rings is 1. The summed E-state index contributed by atoms with van der Waals surface area (Å²) in [5.74, 6) is 1.06. The molecule has 2 aliphatic rings. The first-order chi connectivity index (χ1) is 13.5. The Kier molecular flexibility index (Phi) is 9.22. The minimum Gasteiger partial charge on any atom is -0.396 e. The van der Waals surface area contributed by atoms with E-state index in [2.05, 4.69) is 68.4 Å². The Morgan fingerprint density at radius 1 is 1.36 bits per heavy atom. The Morgan fingerprint density at radius 3 is 2.79 bits per heavy atom. The van der Waals surface area contributed by atoms with E-state index in [0.717, 1.165) is 43.3 Å². The highest BCUT2D eigenvalue weighted by Gasteiger charge is 2.26. The number of hydrogen-bond acceptors (Lipinski definition) is 6. The molecule has 6 heteroatoms. The molecule has 2 aliphatic heterocycles. The van der Waals surface area contributed by atoms with Gasteiger partial charge in [-0.05, 0) is 46.6 Å². The average Bonchev–Trinajstić information content (AvgIpc) is 2.99. The normalized spacial score (nSPS) is 19.6. The molecule has 0 aliphatic carbocycles. The van der Waals surface area contributed by atoms with E-state index in [1.807, 2.05) is 0 Å². The fraction of sp³-hybridized carbons (Fsp3) is 0.591. The van der Waals surface area contributed by atoms with E-state index in [9.17, 15) is 5.11 Å². The van der Waals surface area contributed by atoms with Crippen molar-refractivity contribution in [2.45, 2.75) is 59.9 Å². The number of hydrogen-bond donors (Lipinski definition) is 3. The third-order valence-corrected chi connectivity index (χ3v) is 5.90. The van der Waals surface area contributed by atoms with Crippen LogP contribution >= 0.6 is 11.3 Å². The van der Waals surface area contributed by atoms with E-state index in [4.69, 9.17) is 4.99 Å². The van der Waals surface area contributed by atoms with Crippen LogP contribution in [0.2, 0.25) is 0 Å². The number of nitrogens with one attached hydrogen (secondary N) is 2. The molecule has 3 rings (SSSR count). The summed E-state index contributed by atoms with van der Waals surface area (Å²) >= 11 is 1.78. The zero-order valence-corrected chi connectivity index (χ0v) is 18.8. The number of aliphatic imine (C=N–C) groups is 1. The van der Waals surface area contributed by atoms with Crippen molar-refractivity contribution < 1.29 is 5.11 Å². The molecule has 1 atom stereocenters. The van der Waals surface area contributed by atoms with Crippen molar-refractivity contribution in [1.29, 1.82) is 0 Å². The predicted molar refractivity (Wildman–Crippen MR) is 122 cm³/mol. The lowest BCUT2D eigenvalue weighted by Gasteiger charge is -2.35. The maximum Gasteiger partial charge on any atom is 0.139 e.